The first-order valence-electron chi connectivity index (χ1n) is 4.03. The van der Waals surface area contributed by atoms with Crippen LogP contribution in [0.2, 0.25) is 0 Å². The van der Waals surface area contributed by atoms with E-state index in [1.807, 2.05) is 0 Å². The molecule has 0 aromatic rings. The van der Waals surface area contributed by atoms with Crippen molar-refractivity contribution in [2.75, 3.05) is 13.1 Å². The van der Waals surface area contributed by atoms with Crippen molar-refractivity contribution in [2.24, 2.45) is 5.73 Å². The molecule has 0 unspecified atom stereocenters. The molecular formula is C8H14N2O3. The Kier molecular flexibility index (Phi) is 5.92. The molecule has 1 atom stereocenters. The predicted octanol–water partition coefficient (Wildman–Crippen LogP) is -1.35. The van der Waals surface area contributed by atoms with Gasteiger partial charge >= 0.3 is 0 Å². The Morgan fingerprint density at radius 3 is 2.62 bits per heavy atom. The third-order valence-electron chi connectivity index (χ3n) is 1.60. The third-order valence-corrected chi connectivity index (χ3v) is 1.60. The molecule has 0 amide bonds. The van der Waals surface area contributed by atoms with E-state index < -0.39 is 6.04 Å². The minimum atomic E-state index is -0.472. The molecule has 13 heavy (non-hydrogen) atoms. The molecule has 0 aliphatic rings. The third kappa shape index (κ3) is 5.21. The maximum Gasteiger partial charge on any atom is 0.160 e. The van der Waals surface area contributed by atoms with Gasteiger partial charge in [0, 0.05) is 0 Å². The van der Waals surface area contributed by atoms with Crippen LogP contribution in [0.15, 0.2) is 0 Å². The number of Topliss-reactive ketones (excluding diaryl/α,β-unsaturated/α-hetero) is 2. The van der Waals surface area contributed by atoms with Gasteiger partial charge in [-0.3, -0.25) is 9.59 Å². The van der Waals surface area contributed by atoms with E-state index in [-0.39, 0.29) is 31.1 Å². The lowest BCUT2D eigenvalue weighted by molar-refractivity contribution is -0.123. The van der Waals surface area contributed by atoms with Gasteiger partial charge in [0.15, 0.2) is 11.6 Å². The maximum atomic E-state index is 11.0. The Morgan fingerprint density at radius 2 is 2.15 bits per heavy atom. The quantitative estimate of drug-likeness (QED) is 0.379. The molecule has 0 rings (SSSR count). The van der Waals surface area contributed by atoms with E-state index in [1.54, 1.807) is 6.92 Å². The fourth-order valence-corrected chi connectivity index (χ4v) is 0.712. The van der Waals surface area contributed by atoms with E-state index in [0.29, 0.717) is 6.29 Å². The number of hydrogen-bond acceptors (Lipinski definition) is 5. The van der Waals surface area contributed by atoms with Gasteiger partial charge < -0.3 is 15.8 Å². The standard InChI is InChI=1S/C8H14N2O3/c1-6(8(13)2-3-11)10-5-7(12)4-9/h3,6,10H,2,4-5,9H2,1H3/t6-/m0/s1. The molecule has 3 N–H and O–H groups in total. The number of hydrogen-bond donors (Lipinski definition) is 2. The summed E-state index contributed by atoms with van der Waals surface area (Å²) in [6.07, 6.45) is 0.427. The van der Waals surface area contributed by atoms with Gasteiger partial charge in [0.1, 0.15) is 6.29 Å². The first-order valence-corrected chi connectivity index (χ1v) is 4.03. The van der Waals surface area contributed by atoms with Gasteiger partial charge in [-0.25, -0.2) is 0 Å². The predicted molar refractivity (Wildman–Crippen MR) is 47.2 cm³/mol. The topological polar surface area (TPSA) is 89.3 Å². The number of ketones is 2. The maximum absolute atomic E-state index is 11.0. The van der Waals surface area contributed by atoms with E-state index in [9.17, 15) is 14.4 Å². The van der Waals surface area contributed by atoms with Gasteiger partial charge in [-0.2, -0.15) is 0 Å². The SMILES string of the molecule is C[C@H](NCC(=O)CN)C(=O)CC=O. The van der Waals surface area contributed by atoms with Crippen molar-refractivity contribution in [1.82, 2.24) is 5.32 Å². The highest BCUT2D eigenvalue weighted by molar-refractivity contribution is 5.93. The molecule has 5 nitrogen and oxygen atoms in total. The van der Waals surface area contributed by atoms with Gasteiger partial charge in [0.2, 0.25) is 0 Å². The molecule has 0 fully saturated rings. The Labute approximate surface area is 76.7 Å². The molecule has 5 heteroatoms. The molecule has 0 saturated heterocycles. The second kappa shape index (κ2) is 6.45. The summed E-state index contributed by atoms with van der Waals surface area (Å²) in [4.78, 5) is 31.7. The molecule has 74 valence electrons. The van der Waals surface area contributed by atoms with Crippen LogP contribution in [0.5, 0.6) is 0 Å². The highest BCUT2D eigenvalue weighted by atomic mass is 16.1. The average molecular weight is 186 g/mol. The van der Waals surface area contributed by atoms with Crippen molar-refractivity contribution in [3.8, 4) is 0 Å². The summed E-state index contributed by atoms with van der Waals surface area (Å²) in [5, 5.41) is 2.68. The summed E-state index contributed by atoms with van der Waals surface area (Å²) >= 11 is 0. The van der Waals surface area contributed by atoms with Gasteiger partial charge in [-0.05, 0) is 6.92 Å². The monoisotopic (exact) mass is 186 g/mol. The highest BCUT2D eigenvalue weighted by Crippen LogP contribution is 1.87. The summed E-state index contributed by atoms with van der Waals surface area (Å²) in [6, 6.07) is -0.472. The van der Waals surface area contributed by atoms with Crippen LogP contribution < -0.4 is 11.1 Å². The normalized spacial score (nSPS) is 12.2. The van der Waals surface area contributed by atoms with Crippen molar-refractivity contribution < 1.29 is 14.4 Å². The van der Waals surface area contributed by atoms with Crippen molar-refractivity contribution in [3.63, 3.8) is 0 Å². The molecule has 0 aromatic carbocycles. The molecule has 0 aliphatic carbocycles. The van der Waals surface area contributed by atoms with E-state index in [1.165, 1.54) is 0 Å². The number of carbonyl (C=O) groups excluding carboxylic acids is 3. The summed E-state index contributed by atoms with van der Waals surface area (Å²) in [5.41, 5.74) is 5.06. The zero-order valence-electron chi connectivity index (χ0n) is 7.58. The number of nitrogens with one attached hydrogen (secondary N) is 1. The number of nitrogens with two attached hydrogens (primary N) is 1. The lowest BCUT2D eigenvalue weighted by atomic mass is 10.1. The number of carbonyl (C=O) groups is 3. The van der Waals surface area contributed by atoms with Gasteiger partial charge in [0.25, 0.3) is 0 Å². The molecule has 0 aliphatic heterocycles. The van der Waals surface area contributed by atoms with E-state index in [2.05, 4.69) is 5.32 Å². The average Bonchev–Trinajstić information content (AvgIpc) is 2.13. The van der Waals surface area contributed by atoms with E-state index >= 15 is 0 Å². The van der Waals surface area contributed by atoms with Crippen LogP contribution in [0.4, 0.5) is 0 Å². The first kappa shape index (κ1) is 11.9. The smallest absolute Gasteiger partial charge is 0.160 e. The summed E-state index contributed by atoms with van der Waals surface area (Å²) in [5.74, 6) is -0.384. The fourth-order valence-electron chi connectivity index (χ4n) is 0.712. The molecule has 0 spiro atoms. The van der Waals surface area contributed by atoms with Crippen LogP contribution in [-0.2, 0) is 14.4 Å². The molecule has 0 heterocycles. The van der Waals surface area contributed by atoms with Crippen molar-refractivity contribution in [3.05, 3.63) is 0 Å². The van der Waals surface area contributed by atoms with Gasteiger partial charge in [-0.1, -0.05) is 0 Å². The lowest BCUT2D eigenvalue weighted by Gasteiger charge is -2.09. The largest absolute Gasteiger partial charge is 0.324 e. The minimum absolute atomic E-state index is 0.0401. The second-order valence-corrected chi connectivity index (χ2v) is 2.68. The van der Waals surface area contributed by atoms with E-state index in [0.717, 1.165) is 0 Å². The van der Waals surface area contributed by atoms with Crippen molar-refractivity contribution >= 4 is 17.9 Å². The number of rotatable bonds is 7. The Morgan fingerprint density at radius 1 is 1.54 bits per heavy atom. The Hall–Kier alpha value is -1.07. The minimum Gasteiger partial charge on any atom is -0.324 e. The molecule has 0 radical (unpaired) electrons. The van der Waals surface area contributed by atoms with E-state index in [4.69, 9.17) is 5.73 Å². The van der Waals surface area contributed by atoms with Crippen molar-refractivity contribution in [1.29, 1.82) is 0 Å². The van der Waals surface area contributed by atoms with Crippen LogP contribution in [0, 0.1) is 0 Å². The Balaban J connectivity index is 3.73. The lowest BCUT2D eigenvalue weighted by Crippen LogP contribution is -2.39. The van der Waals surface area contributed by atoms with Crippen LogP contribution in [-0.4, -0.2) is 37.0 Å². The van der Waals surface area contributed by atoms with Crippen LogP contribution in [0.1, 0.15) is 13.3 Å². The second-order valence-electron chi connectivity index (χ2n) is 2.68. The zero-order valence-corrected chi connectivity index (χ0v) is 7.58. The van der Waals surface area contributed by atoms with Crippen LogP contribution >= 0.6 is 0 Å². The summed E-state index contributed by atoms with van der Waals surface area (Å²) in [6.45, 7) is 1.64. The van der Waals surface area contributed by atoms with Gasteiger partial charge in [0.05, 0.1) is 25.6 Å². The highest BCUT2D eigenvalue weighted by Gasteiger charge is 2.11. The number of aldehydes is 1. The summed E-state index contributed by atoms with van der Waals surface area (Å²) in [7, 11) is 0. The molecule has 0 saturated carbocycles. The molecule has 0 bridgehead atoms. The van der Waals surface area contributed by atoms with Crippen LogP contribution in [0.3, 0.4) is 0 Å². The summed E-state index contributed by atoms with van der Waals surface area (Å²) < 4.78 is 0. The zero-order chi connectivity index (χ0) is 10.3. The van der Waals surface area contributed by atoms with Crippen molar-refractivity contribution in [2.45, 2.75) is 19.4 Å². The first-order chi connectivity index (χ1) is 6.11. The van der Waals surface area contributed by atoms with Gasteiger partial charge in [-0.15, -0.1) is 0 Å². The fraction of sp³-hybridized carbons (Fsp3) is 0.625. The molecular weight excluding hydrogens is 172 g/mol. The Bertz CT molecular complexity index is 204. The molecule has 0 aromatic heterocycles. The van der Waals surface area contributed by atoms with Crippen LogP contribution in [0.25, 0.3) is 0 Å².